The zero-order valence-corrected chi connectivity index (χ0v) is 11.5. The first-order valence-corrected chi connectivity index (χ1v) is 11.4. The smallest absolute Gasteiger partial charge is 0.173 e. The third-order valence-corrected chi connectivity index (χ3v) is 7.87. The van der Waals surface area contributed by atoms with Gasteiger partial charge in [-0.3, -0.25) is 0 Å². The van der Waals surface area contributed by atoms with Crippen molar-refractivity contribution >= 4 is 16.6 Å². The van der Waals surface area contributed by atoms with Gasteiger partial charge in [0.2, 0.25) is 0 Å². The number of hydrogen-bond donors (Lipinski definition) is 0. The average molecular weight is 215 g/mol. The Morgan fingerprint density at radius 2 is 1.69 bits per heavy atom. The van der Waals surface area contributed by atoms with Crippen molar-refractivity contribution in [2.24, 2.45) is 0 Å². The molecule has 0 saturated heterocycles. The lowest BCUT2D eigenvalue weighted by Gasteiger charge is -2.31. The molecule has 4 heteroatoms. The Kier molecular flexibility index (Phi) is 4.89. The van der Waals surface area contributed by atoms with E-state index in [1.165, 1.54) is 0 Å². The molecule has 0 fully saturated rings. The molecule has 0 saturated carbocycles. The lowest BCUT2D eigenvalue weighted by molar-refractivity contribution is 0.544. The molecule has 0 spiro atoms. The van der Waals surface area contributed by atoms with Gasteiger partial charge in [0.15, 0.2) is 16.6 Å². The van der Waals surface area contributed by atoms with Gasteiger partial charge in [-0.1, -0.05) is 0 Å². The summed E-state index contributed by atoms with van der Waals surface area (Å²) < 4.78 is 6.14. The maximum absolute atomic E-state index is 8.43. The summed E-state index contributed by atoms with van der Waals surface area (Å²) in [5, 5.41) is 8.43. The van der Waals surface area contributed by atoms with Crippen LogP contribution in [0.25, 0.3) is 0 Å². The van der Waals surface area contributed by atoms with Gasteiger partial charge in [-0.2, -0.15) is 5.26 Å². The Labute approximate surface area is 84.2 Å². The van der Waals surface area contributed by atoms with E-state index in [-0.39, 0.29) is 0 Å². The summed E-state index contributed by atoms with van der Waals surface area (Å²) in [7, 11) is -2.84. The highest BCUT2D eigenvalue weighted by Crippen LogP contribution is 2.20. The Hall–Kier alpha value is -0.116. The lowest BCUT2D eigenvalue weighted by atomic mass is 10.4. The molecular weight excluding hydrogens is 194 g/mol. The van der Waals surface area contributed by atoms with E-state index in [4.69, 9.17) is 9.38 Å². The first-order valence-electron chi connectivity index (χ1n) is 4.84. The second-order valence-corrected chi connectivity index (χ2v) is 14.0. The molecule has 0 aromatic rings. The van der Waals surface area contributed by atoms with E-state index in [2.05, 4.69) is 38.8 Å². The molecule has 0 aromatic carbocycles. The van der Waals surface area contributed by atoms with Crippen molar-refractivity contribution in [2.75, 3.05) is 0 Å². The van der Waals surface area contributed by atoms with Crippen molar-refractivity contribution < 1.29 is 4.12 Å². The number of hydrogen-bond acceptors (Lipinski definition) is 2. The standard InChI is InChI=1S/C9H21NOSi2/c1-12(2,3)11-13(4,5)9-7-6-8-10/h6-7,9H2,1-5H3. The Morgan fingerprint density at radius 3 is 2.08 bits per heavy atom. The summed E-state index contributed by atoms with van der Waals surface area (Å²) in [6.07, 6.45) is 1.67. The first-order chi connectivity index (χ1) is 5.77. The molecule has 0 amide bonds. The SMILES string of the molecule is C[Si](C)(C)O[Si](C)(C)CCCC#N. The summed E-state index contributed by atoms with van der Waals surface area (Å²) >= 11 is 0. The van der Waals surface area contributed by atoms with Crippen LogP contribution in [0.1, 0.15) is 12.8 Å². The van der Waals surface area contributed by atoms with E-state index in [0.29, 0.717) is 6.42 Å². The highest BCUT2D eigenvalue weighted by atomic mass is 28.4. The van der Waals surface area contributed by atoms with Crippen LogP contribution >= 0.6 is 0 Å². The molecule has 0 rings (SSSR count). The predicted molar refractivity (Wildman–Crippen MR) is 61.6 cm³/mol. The van der Waals surface area contributed by atoms with Crippen molar-refractivity contribution in [1.29, 1.82) is 5.26 Å². The van der Waals surface area contributed by atoms with Gasteiger partial charge in [0.1, 0.15) is 0 Å². The van der Waals surface area contributed by atoms with Gasteiger partial charge in [0, 0.05) is 6.42 Å². The molecule has 0 aliphatic carbocycles. The zero-order valence-electron chi connectivity index (χ0n) is 9.48. The maximum Gasteiger partial charge on any atom is 0.173 e. The second-order valence-electron chi connectivity index (χ2n) is 4.99. The van der Waals surface area contributed by atoms with Crippen LogP contribution in [0, 0.1) is 11.3 Å². The van der Waals surface area contributed by atoms with E-state index in [1.54, 1.807) is 0 Å². The molecule has 2 nitrogen and oxygen atoms in total. The summed E-state index contributed by atoms with van der Waals surface area (Å²) in [6.45, 7) is 11.2. The van der Waals surface area contributed by atoms with E-state index in [1.807, 2.05) is 0 Å². The van der Waals surface area contributed by atoms with E-state index in [0.717, 1.165) is 12.5 Å². The largest absolute Gasteiger partial charge is 0.456 e. The van der Waals surface area contributed by atoms with Crippen molar-refractivity contribution in [3.63, 3.8) is 0 Å². The van der Waals surface area contributed by atoms with Gasteiger partial charge < -0.3 is 4.12 Å². The monoisotopic (exact) mass is 215 g/mol. The van der Waals surface area contributed by atoms with Crippen molar-refractivity contribution in [1.82, 2.24) is 0 Å². The molecule has 13 heavy (non-hydrogen) atoms. The van der Waals surface area contributed by atoms with Gasteiger partial charge in [0.25, 0.3) is 0 Å². The first kappa shape index (κ1) is 12.9. The van der Waals surface area contributed by atoms with Crippen LogP contribution in [-0.2, 0) is 4.12 Å². The van der Waals surface area contributed by atoms with Gasteiger partial charge in [-0.25, -0.2) is 0 Å². The highest BCUT2D eigenvalue weighted by Gasteiger charge is 2.28. The molecule has 0 radical (unpaired) electrons. The van der Waals surface area contributed by atoms with Crippen LogP contribution in [0.3, 0.4) is 0 Å². The van der Waals surface area contributed by atoms with Crippen LogP contribution in [0.5, 0.6) is 0 Å². The number of unbranched alkanes of at least 4 members (excludes halogenated alkanes) is 1. The quantitative estimate of drug-likeness (QED) is 0.520. The van der Waals surface area contributed by atoms with Crippen molar-refractivity contribution in [2.45, 2.75) is 51.6 Å². The molecule has 0 atom stereocenters. The molecule has 0 aliphatic heterocycles. The molecular formula is C9H21NOSi2. The minimum Gasteiger partial charge on any atom is -0.456 e. The zero-order chi connectivity index (χ0) is 10.5. The van der Waals surface area contributed by atoms with Crippen molar-refractivity contribution in [3.8, 4) is 6.07 Å². The molecule has 0 aliphatic rings. The number of nitriles is 1. The molecule has 0 N–H and O–H groups in total. The lowest BCUT2D eigenvalue weighted by Crippen LogP contribution is -2.42. The van der Waals surface area contributed by atoms with Gasteiger partial charge in [-0.15, -0.1) is 0 Å². The fourth-order valence-electron chi connectivity index (χ4n) is 1.47. The highest BCUT2D eigenvalue weighted by molar-refractivity contribution is 6.84. The van der Waals surface area contributed by atoms with Crippen LogP contribution in [0.2, 0.25) is 38.8 Å². The number of rotatable bonds is 5. The minimum absolute atomic E-state index is 0.672. The van der Waals surface area contributed by atoms with E-state index < -0.39 is 16.6 Å². The normalized spacial score (nSPS) is 12.6. The topological polar surface area (TPSA) is 33.0 Å². The Morgan fingerprint density at radius 1 is 1.15 bits per heavy atom. The van der Waals surface area contributed by atoms with Gasteiger partial charge >= 0.3 is 0 Å². The molecule has 76 valence electrons. The summed E-state index contributed by atoms with van der Waals surface area (Å²) in [5.74, 6) is 0. The maximum atomic E-state index is 8.43. The van der Waals surface area contributed by atoms with E-state index >= 15 is 0 Å². The molecule has 0 heterocycles. The predicted octanol–water partition coefficient (Wildman–Crippen LogP) is 3.35. The minimum atomic E-state index is -1.47. The second kappa shape index (κ2) is 4.94. The van der Waals surface area contributed by atoms with Crippen LogP contribution in [0.15, 0.2) is 0 Å². The van der Waals surface area contributed by atoms with Gasteiger partial charge in [0.05, 0.1) is 6.07 Å². The summed E-state index contributed by atoms with van der Waals surface area (Å²) in [4.78, 5) is 0. The van der Waals surface area contributed by atoms with Crippen LogP contribution in [0.4, 0.5) is 0 Å². The Bertz CT molecular complexity index is 191. The van der Waals surface area contributed by atoms with Crippen LogP contribution in [-0.4, -0.2) is 16.6 Å². The van der Waals surface area contributed by atoms with Gasteiger partial charge in [-0.05, 0) is 45.2 Å². The Balaban J connectivity index is 3.88. The van der Waals surface area contributed by atoms with Crippen LogP contribution < -0.4 is 0 Å². The average Bonchev–Trinajstić information content (AvgIpc) is 1.81. The summed E-state index contributed by atoms with van der Waals surface area (Å²) in [6, 6.07) is 3.30. The molecule has 0 aromatic heterocycles. The van der Waals surface area contributed by atoms with Crippen molar-refractivity contribution in [3.05, 3.63) is 0 Å². The summed E-state index contributed by atoms with van der Waals surface area (Å²) in [5.41, 5.74) is 0. The fourth-order valence-corrected chi connectivity index (χ4v) is 9.54. The molecule has 0 bridgehead atoms. The third-order valence-electron chi connectivity index (χ3n) is 1.65. The van der Waals surface area contributed by atoms with E-state index in [9.17, 15) is 0 Å². The number of nitrogens with zero attached hydrogens (tertiary/aromatic N) is 1. The molecule has 0 unspecified atom stereocenters. The fraction of sp³-hybridized carbons (Fsp3) is 0.889. The third kappa shape index (κ3) is 8.22.